The number of hydrogen-bond donors (Lipinski definition) is 1. The quantitative estimate of drug-likeness (QED) is 0.750. The molecule has 0 radical (unpaired) electrons. The average Bonchev–Trinajstić information content (AvgIpc) is 3.08. The summed E-state index contributed by atoms with van der Waals surface area (Å²) in [7, 11) is -3.48. The molecule has 7 nitrogen and oxygen atoms in total. The number of H-pyrrole nitrogens is 1. The second kappa shape index (κ2) is 6.56. The van der Waals surface area contributed by atoms with Crippen molar-refractivity contribution in [3.8, 4) is 22.5 Å². The lowest BCUT2D eigenvalue weighted by Gasteiger charge is -2.12. The van der Waals surface area contributed by atoms with Crippen LogP contribution in [0.25, 0.3) is 22.5 Å². The van der Waals surface area contributed by atoms with E-state index < -0.39 is 9.84 Å². The minimum absolute atomic E-state index is 0.0827. The number of tetrazole rings is 1. The Bertz CT molecular complexity index is 1010. The number of sulfone groups is 1. The van der Waals surface area contributed by atoms with Gasteiger partial charge in [0.05, 0.1) is 4.90 Å². The number of Topliss-reactive ketones (excluding diaryl/α,β-unsaturated/α-hetero) is 1. The van der Waals surface area contributed by atoms with Crippen molar-refractivity contribution >= 4 is 15.6 Å². The minimum Gasteiger partial charge on any atom is -0.300 e. The molecule has 128 valence electrons. The van der Waals surface area contributed by atoms with Gasteiger partial charge in [-0.15, -0.1) is 10.2 Å². The Morgan fingerprint density at radius 2 is 1.84 bits per heavy atom. The molecule has 0 saturated heterocycles. The van der Waals surface area contributed by atoms with E-state index in [0.29, 0.717) is 17.5 Å². The van der Waals surface area contributed by atoms with Crippen LogP contribution in [0.3, 0.4) is 0 Å². The zero-order chi connectivity index (χ0) is 18.0. The van der Waals surface area contributed by atoms with E-state index >= 15 is 0 Å². The predicted octanol–water partition coefficient (Wildman–Crippen LogP) is 2.07. The van der Waals surface area contributed by atoms with Crippen LogP contribution in [0.2, 0.25) is 0 Å². The van der Waals surface area contributed by atoms with Gasteiger partial charge in [0.15, 0.2) is 9.84 Å². The fourth-order valence-corrected chi connectivity index (χ4v) is 3.57. The zero-order valence-corrected chi connectivity index (χ0v) is 14.5. The number of benzene rings is 2. The van der Waals surface area contributed by atoms with Gasteiger partial charge >= 0.3 is 0 Å². The second-order valence-corrected chi connectivity index (χ2v) is 7.75. The van der Waals surface area contributed by atoms with Gasteiger partial charge < -0.3 is 0 Å². The van der Waals surface area contributed by atoms with Crippen LogP contribution in [0.4, 0.5) is 0 Å². The summed E-state index contributed by atoms with van der Waals surface area (Å²) in [5.41, 5.74) is 2.78. The van der Waals surface area contributed by atoms with Gasteiger partial charge in [-0.1, -0.05) is 36.4 Å². The molecule has 0 fully saturated rings. The van der Waals surface area contributed by atoms with Gasteiger partial charge in [0, 0.05) is 18.2 Å². The summed E-state index contributed by atoms with van der Waals surface area (Å²) in [4.78, 5) is 11.4. The molecule has 0 unspecified atom stereocenters. The van der Waals surface area contributed by atoms with E-state index in [0.717, 1.165) is 17.4 Å². The second-order valence-electron chi connectivity index (χ2n) is 5.76. The standard InChI is InChI=1S/C17H16N4O3S/c1-11(22)10-12-6-8-13(9-7-12)14-4-3-5-15(25(2,23)24)16(14)17-18-20-21-19-17/h3-9H,10H2,1-2H3,(H,18,19,20,21). The van der Waals surface area contributed by atoms with Crippen molar-refractivity contribution in [3.63, 3.8) is 0 Å². The van der Waals surface area contributed by atoms with Crippen LogP contribution in [0.15, 0.2) is 47.4 Å². The normalized spacial score (nSPS) is 11.4. The highest BCUT2D eigenvalue weighted by Gasteiger charge is 2.21. The molecule has 0 saturated carbocycles. The number of hydrogen-bond acceptors (Lipinski definition) is 6. The van der Waals surface area contributed by atoms with Crippen molar-refractivity contribution in [2.24, 2.45) is 0 Å². The Kier molecular flexibility index (Phi) is 4.45. The first-order chi connectivity index (χ1) is 11.9. The Labute approximate surface area is 145 Å². The maximum absolute atomic E-state index is 12.2. The molecule has 0 aliphatic heterocycles. The van der Waals surface area contributed by atoms with Crippen molar-refractivity contribution in [1.82, 2.24) is 20.6 Å². The van der Waals surface area contributed by atoms with Gasteiger partial charge in [0.25, 0.3) is 0 Å². The van der Waals surface area contributed by atoms with Crippen molar-refractivity contribution in [2.45, 2.75) is 18.2 Å². The van der Waals surface area contributed by atoms with Gasteiger partial charge in [-0.25, -0.2) is 8.42 Å². The largest absolute Gasteiger partial charge is 0.300 e. The van der Waals surface area contributed by atoms with E-state index in [2.05, 4.69) is 20.6 Å². The third-order valence-corrected chi connectivity index (χ3v) is 4.85. The summed E-state index contributed by atoms with van der Waals surface area (Å²) in [6, 6.07) is 12.4. The third kappa shape index (κ3) is 3.63. The van der Waals surface area contributed by atoms with Crippen LogP contribution in [0, 0.1) is 0 Å². The molecule has 1 N–H and O–H groups in total. The van der Waals surface area contributed by atoms with Crippen molar-refractivity contribution in [1.29, 1.82) is 0 Å². The number of aromatic nitrogens is 4. The van der Waals surface area contributed by atoms with E-state index in [1.54, 1.807) is 12.1 Å². The van der Waals surface area contributed by atoms with Crippen LogP contribution in [0.5, 0.6) is 0 Å². The summed E-state index contributed by atoms with van der Waals surface area (Å²) in [5, 5.41) is 13.8. The maximum atomic E-state index is 12.2. The highest BCUT2D eigenvalue weighted by Crippen LogP contribution is 2.35. The third-order valence-electron chi connectivity index (χ3n) is 3.71. The highest BCUT2D eigenvalue weighted by atomic mass is 32.2. The number of carbonyl (C=O) groups is 1. The smallest absolute Gasteiger partial charge is 0.206 e. The van der Waals surface area contributed by atoms with Crippen LogP contribution in [0.1, 0.15) is 12.5 Å². The number of nitrogens with zero attached hydrogens (tertiary/aromatic N) is 3. The Morgan fingerprint density at radius 3 is 2.40 bits per heavy atom. The number of ketones is 1. The topological polar surface area (TPSA) is 106 Å². The first-order valence-electron chi connectivity index (χ1n) is 7.52. The molecule has 3 rings (SSSR count). The number of carbonyl (C=O) groups excluding carboxylic acids is 1. The molecule has 1 heterocycles. The van der Waals surface area contributed by atoms with E-state index in [1.165, 1.54) is 13.0 Å². The summed E-state index contributed by atoms with van der Waals surface area (Å²) >= 11 is 0. The number of nitrogens with one attached hydrogen (secondary N) is 1. The van der Waals surface area contributed by atoms with Crippen molar-refractivity contribution in [3.05, 3.63) is 48.0 Å². The summed E-state index contributed by atoms with van der Waals surface area (Å²) in [5.74, 6) is 0.295. The van der Waals surface area contributed by atoms with E-state index in [4.69, 9.17) is 0 Å². The van der Waals surface area contributed by atoms with E-state index in [1.807, 2.05) is 24.3 Å². The van der Waals surface area contributed by atoms with E-state index in [9.17, 15) is 13.2 Å². The molecule has 0 amide bonds. The summed E-state index contributed by atoms with van der Waals surface area (Å²) in [6.07, 6.45) is 1.51. The maximum Gasteiger partial charge on any atom is 0.206 e. The predicted molar refractivity (Wildman–Crippen MR) is 92.5 cm³/mol. The average molecular weight is 356 g/mol. The molecule has 0 aliphatic rings. The molecule has 0 atom stereocenters. The molecule has 25 heavy (non-hydrogen) atoms. The van der Waals surface area contributed by atoms with Crippen LogP contribution in [-0.4, -0.2) is 41.1 Å². The van der Waals surface area contributed by atoms with E-state index in [-0.39, 0.29) is 16.5 Å². The molecule has 3 aromatic rings. The Hall–Kier alpha value is -2.87. The molecule has 8 heteroatoms. The Balaban J connectivity index is 2.18. The molecular formula is C17H16N4O3S. The molecule has 0 spiro atoms. The van der Waals surface area contributed by atoms with Crippen LogP contribution >= 0.6 is 0 Å². The molecule has 0 bridgehead atoms. The number of aromatic amines is 1. The van der Waals surface area contributed by atoms with Crippen LogP contribution in [-0.2, 0) is 21.1 Å². The van der Waals surface area contributed by atoms with Crippen molar-refractivity contribution in [2.75, 3.05) is 6.26 Å². The molecule has 0 aliphatic carbocycles. The van der Waals surface area contributed by atoms with Gasteiger partial charge in [-0.05, 0) is 34.9 Å². The first kappa shape index (κ1) is 17.0. The van der Waals surface area contributed by atoms with Gasteiger partial charge in [0.2, 0.25) is 5.82 Å². The summed E-state index contributed by atoms with van der Waals surface area (Å²) < 4.78 is 24.4. The Morgan fingerprint density at radius 1 is 1.12 bits per heavy atom. The van der Waals surface area contributed by atoms with Crippen molar-refractivity contribution < 1.29 is 13.2 Å². The van der Waals surface area contributed by atoms with Crippen LogP contribution < -0.4 is 0 Å². The molecule has 1 aromatic heterocycles. The van der Waals surface area contributed by atoms with Gasteiger partial charge in [-0.3, -0.25) is 4.79 Å². The highest BCUT2D eigenvalue weighted by molar-refractivity contribution is 7.90. The first-order valence-corrected chi connectivity index (χ1v) is 9.41. The van der Waals surface area contributed by atoms with Gasteiger partial charge in [0.1, 0.15) is 5.78 Å². The fraction of sp³-hybridized carbons (Fsp3) is 0.176. The molecule has 2 aromatic carbocycles. The fourth-order valence-electron chi connectivity index (χ4n) is 2.67. The lowest BCUT2D eigenvalue weighted by Crippen LogP contribution is -2.02. The van der Waals surface area contributed by atoms with Gasteiger partial charge in [-0.2, -0.15) is 5.21 Å². The summed E-state index contributed by atoms with van der Waals surface area (Å²) in [6.45, 7) is 1.54. The SMILES string of the molecule is CC(=O)Cc1ccc(-c2cccc(S(C)(=O)=O)c2-c2nn[nH]n2)cc1. The monoisotopic (exact) mass is 356 g/mol. The lowest BCUT2D eigenvalue weighted by atomic mass is 9.97. The zero-order valence-electron chi connectivity index (χ0n) is 13.7. The minimum atomic E-state index is -3.48. The number of rotatable bonds is 5. The molecular weight excluding hydrogens is 340 g/mol. The lowest BCUT2D eigenvalue weighted by molar-refractivity contribution is -0.116.